The third-order valence-electron chi connectivity index (χ3n) is 5.55. The van der Waals surface area contributed by atoms with Crippen molar-refractivity contribution in [1.82, 2.24) is 0 Å². The van der Waals surface area contributed by atoms with Gasteiger partial charge in [-0.15, -0.1) is 0 Å². The lowest BCUT2D eigenvalue weighted by Crippen LogP contribution is -2.46. The summed E-state index contributed by atoms with van der Waals surface area (Å²) in [4.78, 5) is 12.5. The van der Waals surface area contributed by atoms with Crippen molar-refractivity contribution in [1.29, 1.82) is 0 Å². The molecule has 1 fully saturated rings. The van der Waals surface area contributed by atoms with Gasteiger partial charge in [0.15, 0.2) is 8.32 Å². The first-order valence-corrected chi connectivity index (χ1v) is 11.3. The van der Waals surface area contributed by atoms with Gasteiger partial charge in [-0.25, -0.2) is 0 Å². The van der Waals surface area contributed by atoms with Gasteiger partial charge < -0.3 is 4.43 Å². The van der Waals surface area contributed by atoms with Crippen molar-refractivity contribution in [2.45, 2.75) is 70.7 Å². The highest BCUT2D eigenvalue weighted by Crippen LogP contribution is 2.42. The molecular formula is C19H30O2Si. The fourth-order valence-corrected chi connectivity index (χ4v) is 4.38. The minimum atomic E-state index is -1.83. The van der Waals surface area contributed by atoms with E-state index in [0.717, 1.165) is 6.42 Å². The molecule has 0 radical (unpaired) electrons. The lowest BCUT2D eigenvalue weighted by Gasteiger charge is -2.42. The van der Waals surface area contributed by atoms with Crippen molar-refractivity contribution in [2.75, 3.05) is 0 Å². The Morgan fingerprint density at radius 2 is 1.73 bits per heavy atom. The van der Waals surface area contributed by atoms with Crippen LogP contribution in [0.25, 0.3) is 0 Å². The number of hydrogen-bond donors (Lipinski definition) is 0. The molecule has 2 nitrogen and oxygen atoms in total. The molecule has 0 aliphatic heterocycles. The molecule has 0 amide bonds. The first kappa shape index (κ1) is 17.4. The van der Waals surface area contributed by atoms with Crippen molar-refractivity contribution in [3.05, 3.63) is 35.9 Å². The Hall–Kier alpha value is -0.933. The molecule has 0 saturated heterocycles. The van der Waals surface area contributed by atoms with Crippen molar-refractivity contribution in [2.24, 2.45) is 5.92 Å². The van der Waals surface area contributed by atoms with Crippen LogP contribution in [0.1, 0.15) is 52.0 Å². The Balaban J connectivity index is 2.17. The van der Waals surface area contributed by atoms with Gasteiger partial charge in [0.2, 0.25) is 0 Å². The molecule has 1 aromatic rings. The zero-order valence-electron chi connectivity index (χ0n) is 14.8. The van der Waals surface area contributed by atoms with Crippen LogP contribution in [0.15, 0.2) is 30.3 Å². The molecule has 0 spiro atoms. The number of rotatable bonds is 3. The molecule has 3 atom stereocenters. The van der Waals surface area contributed by atoms with Gasteiger partial charge >= 0.3 is 0 Å². The van der Waals surface area contributed by atoms with E-state index in [1.807, 2.05) is 6.07 Å². The average molecular weight is 319 g/mol. The van der Waals surface area contributed by atoms with Gasteiger partial charge in [0, 0.05) is 12.3 Å². The second-order valence-corrected chi connectivity index (χ2v) is 13.0. The molecule has 0 unspecified atom stereocenters. The van der Waals surface area contributed by atoms with E-state index < -0.39 is 8.32 Å². The summed E-state index contributed by atoms with van der Waals surface area (Å²) < 4.78 is 6.53. The van der Waals surface area contributed by atoms with Gasteiger partial charge in [-0.1, -0.05) is 58.0 Å². The number of carbonyl (C=O) groups excluding carboxylic acids is 1. The molecular weight excluding hydrogens is 288 g/mol. The van der Waals surface area contributed by atoms with E-state index in [1.165, 1.54) is 5.56 Å². The average Bonchev–Trinajstić information content (AvgIpc) is 2.42. The molecule has 1 aromatic carbocycles. The molecule has 122 valence electrons. The van der Waals surface area contributed by atoms with Gasteiger partial charge in [-0.2, -0.15) is 0 Å². The van der Waals surface area contributed by atoms with Crippen molar-refractivity contribution in [3.8, 4) is 0 Å². The van der Waals surface area contributed by atoms with Gasteiger partial charge in [-0.3, -0.25) is 4.79 Å². The van der Waals surface area contributed by atoms with Gasteiger partial charge in [0.1, 0.15) is 5.78 Å². The van der Waals surface area contributed by atoms with Gasteiger partial charge in [0.25, 0.3) is 0 Å². The molecule has 0 N–H and O–H groups in total. The standard InChI is InChI=1S/C19H30O2Si/c1-14-17(15-10-8-7-9-11-15)12-16(13-18(14)20)21-22(5,6)19(2,3)4/h7-11,14,16-17H,12-13H2,1-6H3/t14-,16-,17+/m1/s1. The Bertz CT molecular complexity index is 516. The Kier molecular flexibility index (Phi) is 4.98. The van der Waals surface area contributed by atoms with Crippen molar-refractivity contribution < 1.29 is 9.22 Å². The number of hydrogen-bond acceptors (Lipinski definition) is 2. The van der Waals surface area contributed by atoms with E-state index in [1.54, 1.807) is 0 Å². The Morgan fingerprint density at radius 3 is 2.27 bits per heavy atom. The van der Waals surface area contributed by atoms with Crippen LogP contribution in [0.4, 0.5) is 0 Å². The maximum atomic E-state index is 12.5. The first-order chi connectivity index (χ1) is 10.1. The number of Topliss-reactive ketones (excluding diaryl/α,β-unsaturated/α-hetero) is 1. The van der Waals surface area contributed by atoms with Crippen LogP contribution < -0.4 is 0 Å². The predicted molar refractivity (Wildman–Crippen MR) is 94.7 cm³/mol. The summed E-state index contributed by atoms with van der Waals surface area (Å²) >= 11 is 0. The molecule has 3 heteroatoms. The molecule has 22 heavy (non-hydrogen) atoms. The monoisotopic (exact) mass is 318 g/mol. The second kappa shape index (κ2) is 6.29. The quantitative estimate of drug-likeness (QED) is 0.720. The normalized spacial score (nSPS) is 27.0. The van der Waals surface area contributed by atoms with Crippen molar-refractivity contribution in [3.63, 3.8) is 0 Å². The number of benzene rings is 1. The second-order valence-electron chi connectivity index (χ2n) is 8.21. The predicted octanol–water partition coefficient (Wildman–Crippen LogP) is 5.16. The van der Waals surface area contributed by atoms with Crippen LogP contribution in [0.2, 0.25) is 18.1 Å². The van der Waals surface area contributed by atoms with Crippen LogP contribution in [0.3, 0.4) is 0 Å². The summed E-state index contributed by atoms with van der Waals surface area (Å²) in [5.74, 6) is 0.739. The maximum absolute atomic E-state index is 12.5. The zero-order chi connectivity index (χ0) is 16.5. The third kappa shape index (κ3) is 3.69. The molecule has 1 aliphatic rings. The molecule has 0 heterocycles. The summed E-state index contributed by atoms with van der Waals surface area (Å²) in [5, 5.41) is 0.182. The molecule has 0 bridgehead atoms. The third-order valence-corrected chi connectivity index (χ3v) is 10.1. The first-order valence-electron chi connectivity index (χ1n) is 8.37. The minimum Gasteiger partial charge on any atom is -0.413 e. The SMILES string of the molecule is C[C@H]1C(=O)C[C@H](O[Si](C)(C)C(C)(C)C)C[C@@H]1c1ccccc1. The number of carbonyl (C=O) groups is 1. The van der Waals surface area contributed by atoms with E-state index in [4.69, 9.17) is 4.43 Å². The van der Waals surface area contributed by atoms with E-state index in [0.29, 0.717) is 12.2 Å². The summed E-state index contributed by atoms with van der Waals surface area (Å²) in [5.41, 5.74) is 1.27. The van der Waals surface area contributed by atoms with E-state index >= 15 is 0 Å². The van der Waals surface area contributed by atoms with E-state index in [-0.39, 0.29) is 23.0 Å². The highest BCUT2D eigenvalue weighted by atomic mass is 28.4. The lowest BCUT2D eigenvalue weighted by molar-refractivity contribution is -0.127. The molecule has 1 aliphatic carbocycles. The summed E-state index contributed by atoms with van der Waals surface area (Å²) in [6, 6.07) is 10.4. The molecule has 2 rings (SSSR count). The van der Waals surface area contributed by atoms with Crippen LogP contribution in [0.5, 0.6) is 0 Å². The smallest absolute Gasteiger partial charge is 0.192 e. The van der Waals surface area contributed by atoms with Gasteiger partial charge in [0.05, 0.1) is 6.10 Å². The van der Waals surface area contributed by atoms with E-state index in [9.17, 15) is 4.79 Å². The fourth-order valence-electron chi connectivity index (χ4n) is 3.01. The topological polar surface area (TPSA) is 26.3 Å². The highest BCUT2D eigenvalue weighted by Gasteiger charge is 2.42. The Labute approximate surface area is 136 Å². The van der Waals surface area contributed by atoms with Crippen LogP contribution >= 0.6 is 0 Å². The Morgan fingerprint density at radius 1 is 1.14 bits per heavy atom. The lowest BCUT2D eigenvalue weighted by atomic mass is 9.74. The largest absolute Gasteiger partial charge is 0.413 e. The van der Waals surface area contributed by atoms with Gasteiger partial charge in [-0.05, 0) is 36.0 Å². The zero-order valence-corrected chi connectivity index (χ0v) is 15.8. The summed E-state index contributed by atoms with van der Waals surface area (Å²) in [6.45, 7) is 13.4. The summed E-state index contributed by atoms with van der Waals surface area (Å²) in [6.07, 6.45) is 1.62. The molecule has 1 saturated carbocycles. The minimum absolute atomic E-state index is 0.0785. The highest BCUT2D eigenvalue weighted by molar-refractivity contribution is 6.74. The van der Waals surface area contributed by atoms with Crippen molar-refractivity contribution >= 4 is 14.1 Å². The van der Waals surface area contributed by atoms with Crippen LogP contribution in [-0.2, 0) is 9.22 Å². The van der Waals surface area contributed by atoms with E-state index in [2.05, 4.69) is 65.1 Å². The van der Waals surface area contributed by atoms with Crippen LogP contribution in [-0.4, -0.2) is 20.2 Å². The maximum Gasteiger partial charge on any atom is 0.192 e. The molecule has 0 aromatic heterocycles. The summed E-state index contributed by atoms with van der Waals surface area (Å²) in [7, 11) is -1.83. The number of ketones is 1. The van der Waals surface area contributed by atoms with Crippen LogP contribution in [0, 0.1) is 5.92 Å². The fraction of sp³-hybridized carbons (Fsp3) is 0.632.